The third-order valence-electron chi connectivity index (χ3n) is 10.9. The van der Waals surface area contributed by atoms with Gasteiger partial charge in [0.05, 0.1) is 50.6 Å². The molecule has 1 fully saturated rings. The first kappa shape index (κ1) is 50.8. The van der Waals surface area contributed by atoms with E-state index in [0.717, 1.165) is 55.7 Å². The van der Waals surface area contributed by atoms with Gasteiger partial charge in [-0.05, 0) is 115 Å². The van der Waals surface area contributed by atoms with E-state index >= 15 is 0 Å². The number of urea groups is 2. The molecule has 0 atom stereocenters. The third-order valence-corrected chi connectivity index (χ3v) is 11.3. The van der Waals surface area contributed by atoms with Gasteiger partial charge in [-0.15, -0.1) is 0 Å². The third kappa shape index (κ3) is 13.1. The first-order valence-corrected chi connectivity index (χ1v) is 22.8. The maximum absolute atomic E-state index is 13.4. The summed E-state index contributed by atoms with van der Waals surface area (Å²) in [6.45, 7) is 3.49. The number of ether oxygens (including phenoxy) is 2. The molecule has 0 saturated carbocycles. The highest BCUT2D eigenvalue weighted by Gasteiger charge is 2.35. The van der Waals surface area contributed by atoms with Crippen molar-refractivity contribution in [2.75, 3.05) is 52.3 Å². The number of rotatable bonds is 10. The van der Waals surface area contributed by atoms with Crippen molar-refractivity contribution in [3.63, 3.8) is 0 Å². The quantitative estimate of drug-likeness (QED) is 0.0821. The van der Waals surface area contributed by atoms with E-state index in [2.05, 4.69) is 51.5 Å². The second-order valence-electron chi connectivity index (χ2n) is 16.2. The molecule has 3 aromatic heterocycles. The number of amides is 4. The molecule has 0 aliphatic carbocycles. The van der Waals surface area contributed by atoms with Crippen molar-refractivity contribution in [1.82, 2.24) is 35.0 Å². The van der Waals surface area contributed by atoms with E-state index in [4.69, 9.17) is 26.1 Å². The Morgan fingerprint density at radius 1 is 0.560 bits per heavy atom. The fourth-order valence-electron chi connectivity index (χ4n) is 7.36. The largest absolute Gasteiger partial charge is 0.457 e. The van der Waals surface area contributed by atoms with Gasteiger partial charge in [-0.1, -0.05) is 11.6 Å². The number of carbonyl (C=O) groups is 2. The lowest BCUT2D eigenvalue weighted by Gasteiger charge is -2.28. The van der Waals surface area contributed by atoms with Crippen LogP contribution in [0, 0.1) is 5.82 Å². The van der Waals surface area contributed by atoms with Crippen molar-refractivity contribution in [2.24, 2.45) is 0 Å². The van der Waals surface area contributed by atoms with Crippen molar-refractivity contribution >= 4 is 74.3 Å². The number of fused-ring (bicyclic) bond motifs is 2. The summed E-state index contributed by atoms with van der Waals surface area (Å²) in [6, 6.07) is 29.2. The Kier molecular flexibility index (Phi) is 14.9. The lowest BCUT2D eigenvalue weighted by Crippen LogP contribution is -2.43. The Balaban J connectivity index is 0.000000184. The van der Waals surface area contributed by atoms with Gasteiger partial charge >= 0.3 is 24.4 Å². The molecule has 382 valence electrons. The first-order valence-electron chi connectivity index (χ1n) is 22.4. The lowest BCUT2D eigenvalue weighted by molar-refractivity contribution is -0.140. The molecule has 6 aromatic carbocycles. The molecule has 75 heavy (non-hydrogen) atoms. The number of benzene rings is 6. The number of nitrogens with one attached hydrogen (secondary N) is 5. The minimum Gasteiger partial charge on any atom is -0.457 e. The Morgan fingerprint density at radius 2 is 1.03 bits per heavy atom. The monoisotopic (exact) mass is 1050 g/mol. The zero-order chi connectivity index (χ0) is 52.7. The molecule has 0 radical (unpaired) electrons. The molecule has 16 nitrogen and oxygen atoms in total. The number of alkyl halides is 6. The lowest BCUT2D eigenvalue weighted by atomic mass is 10.2. The number of halogens is 8. The van der Waals surface area contributed by atoms with Crippen LogP contribution < -0.4 is 41.0 Å². The standard InChI is InChI=1S/C26H22F4N6O2.C25H16ClF3N6O2/c27-21-7-3-17(13-20(21)26(28,29)30)34-25(37)33-16-1-4-18(5-2-16)38-19-6-8-22-23(14-19)35-24(15-32-22)36-11-9-31-10-12-36;26-20-8-4-16(12-19(20)25(27,28)29)33-24(36)32-15-2-5-17(6-3-15)37-18-7-9-21-22(13-18)34-23(14-30-21)35-11-1-10-31-35/h1-8,13-15,31H,9-12H2,(H2,33,34,37);1-14H,(H2,32,33,36). The first-order chi connectivity index (χ1) is 36.0. The molecule has 0 unspecified atom stereocenters. The predicted molar refractivity (Wildman–Crippen MR) is 267 cm³/mol. The number of carbonyl (C=O) groups excluding carboxylic acids is 2. The van der Waals surface area contributed by atoms with Crippen molar-refractivity contribution in [1.29, 1.82) is 0 Å². The highest BCUT2D eigenvalue weighted by atomic mass is 35.5. The highest BCUT2D eigenvalue weighted by molar-refractivity contribution is 6.31. The van der Waals surface area contributed by atoms with E-state index in [1.54, 1.807) is 114 Å². The molecular formula is C51H38ClF7N12O4. The van der Waals surface area contributed by atoms with Gasteiger partial charge in [-0.3, -0.25) is 9.97 Å². The van der Waals surface area contributed by atoms with Crippen molar-refractivity contribution in [2.45, 2.75) is 12.4 Å². The number of anilines is 5. The zero-order valence-electron chi connectivity index (χ0n) is 38.5. The van der Waals surface area contributed by atoms with Crippen LogP contribution in [0.2, 0.25) is 5.02 Å². The van der Waals surface area contributed by atoms with Crippen LogP contribution in [-0.2, 0) is 12.4 Å². The van der Waals surface area contributed by atoms with Crippen molar-refractivity contribution in [3.05, 3.63) is 174 Å². The maximum Gasteiger partial charge on any atom is 0.419 e. The molecule has 0 spiro atoms. The Labute approximate surface area is 425 Å². The molecule has 4 heterocycles. The summed E-state index contributed by atoms with van der Waals surface area (Å²) in [5, 5.41) is 16.7. The maximum atomic E-state index is 13.4. The summed E-state index contributed by atoms with van der Waals surface area (Å²) < 4.78 is 105. The number of aromatic nitrogens is 6. The van der Waals surface area contributed by atoms with E-state index in [9.17, 15) is 40.3 Å². The topological polar surface area (TPSA) is 185 Å². The van der Waals surface area contributed by atoms with Gasteiger partial charge < -0.3 is 41.0 Å². The molecule has 10 rings (SSSR count). The minimum absolute atomic E-state index is 0.0516. The van der Waals surface area contributed by atoms with Crippen LogP contribution in [0.5, 0.6) is 23.0 Å². The second kappa shape index (κ2) is 21.9. The van der Waals surface area contributed by atoms with Crippen LogP contribution >= 0.6 is 11.6 Å². The summed E-state index contributed by atoms with van der Waals surface area (Å²) in [6.07, 6.45) is -2.71. The van der Waals surface area contributed by atoms with Crippen molar-refractivity contribution in [3.8, 4) is 28.8 Å². The van der Waals surface area contributed by atoms with Gasteiger partial charge in [0, 0.05) is 73.5 Å². The normalized spacial score (nSPS) is 12.6. The molecule has 24 heteroatoms. The van der Waals surface area contributed by atoms with E-state index < -0.39 is 46.4 Å². The molecule has 1 saturated heterocycles. The molecule has 1 aliphatic heterocycles. The number of piperazine rings is 1. The van der Waals surface area contributed by atoms with Gasteiger partial charge in [0.25, 0.3) is 0 Å². The van der Waals surface area contributed by atoms with Gasteiger partial charge in [0.2, 0.25) is 0 Å². The summed E-state index contributed by atoms with van der Waals surface area (Å²) in [5.74, 6) is 2.03. The summed E-state index contributed by atoms with van der Waals surface area (Å²) >= 11 is 5.61. The summed E-state index contributed by atoms with van der Waals surface area (Å²) in [7, 11) is 0. The Hall–Kier alpha value is -9.09. The summed E-state index contributed by atoms with van der Waals surface area (Å²) in [4.78, 5) is 44.8. The van der Waals surface area contributed by atoms with E-state index in [0.29, 0.717) is 68.9 Å². The number of nitrogens with zero attached hydrogens (tertiary/aromatic N) is 7. The number of hydrogen-bond acceptors (Lipinski definition) is 11. The minimum atomic E-state index is -4.88. The van der Waals surface area contributed by atoms with Gasteiger partial charge in [0.1, 0.15) is 34.6 Å². The molecule has 9 aromatic rings. The highest BCUT2D eigenvalue weighted by Crippen LogP contribution is 2.37. The van der Waals surface area contributed by atoms with Gasteiger partial charge in [-0.2, -0.15) is 31.4 Å². The van der Waals surface area contributed by atoms with Crippen LogP contribution in [0.3, 0.4) is 0 Å². The molecule has 0 bridgehead atoms. The van der Waals surface area contributed by atoms with Crippen LogP contribution in [0.25, 0.3) is 27.9 Å². The SMILES string of the molecule is O=C(Nc1ccc(Oc2ccc3ncc(-n4cccn4)nc3c2)cc1)Nc1ccc(Cl)c(C(F)(F)F)c1.O=C(Nc1ccc(Oc2ccc3ncc(N4CCNCC4)nc3c2)cc1)Nc1ccc(F)c(C(F)(F)F)c1. The Bertz CT molecular complexity index is 3490. The van der Waals surface area contributed by atoms with Gasteiger partial charge in [-0.25, -0.2) is 28.6 Å². The molecule has 5 N–H and O–H groups in total. The van der Waals surface area contributed by atoms with E-state index in [1.165, 1.54) is 6.07 Å². The molecular weight excluding hydrogens is 1010 g/mol. The number of hydrogen-bond donors (Lipinski definition) is 5. The summed E-state index contributed by atoms with van der Waals surface area (Å²) in [5.41, 5.74) is 0.782. The van der Waals surface area contributed by atoms with Crippen LogP contribution in [0.4, 0.5) is 68.9 Å². The average molecular weight is 1050 g/mol. The van der Waals surface area contributed by atoms with Crippen molar-refractivity contribution < 1.29 is 49.8 Å². The fraction of sp³-hybridized carbons (Fsp3) is 0.118. The zero-order valence-corrected chi connectivity index (χ0v) is 39.3. The van der Waals surface area contributed by atoms with Gasteiger partial charge in [0.15, 0.2) is 5.82 Å². The molecule has 1 aliphatic rings. The fourth-order valence-corrected chi connectivity index (χ4v) is 7.59. The van der Waals surface area contributed by atoms with Crippen LogP contribution in [0.15, 0.2) is 152 Å². The molecule has 4 amide bonds. The second-order valence-corrected chi connectivity index (χ2v) is 16.6. The smallest absolute Gasteiger partial charge is 0.419 e. The Morgan fingerprint density at radius 3 is 1.55 bits per heavy atom. The van der Waals surface area contributed by atoms with Crippen LogP contribution in [-0.4, -0.2) is 68.0 Å². The van der Waals surface area contributed by atoms with E-state index in [-0.39, 0.29) is 11.4 Å². The van der Waals surface area contributed by atoms with Crippen LogP contribution in [0.1, 0.15) is 11.1 Å². The van der Waals surface area contributed by atoms with E-state index in [1.807, 2.05) is 6.07 Å². The predicted octanol–water partition coefficient (Wildman–Crippen LogP) is 12.6. The average Bonchev–Trinajstić information content (AvgIpc) is 3.94.